The van der Waals surface area contributed by atoms with Gasteiger partial charge in [0.15, 0.2) is 0 Å². The largest absolute Gasteiger partial charge is 0.321 e. The van der Waals surface area contributed by atoms with E-state index in [0.717, 1.165) is 0 Å². The normalized spacial score (nSPS) is 9.77. The van der Waals surface area contributed by atoms with E-state index >= 15 is 0 Å². The summed E-state index contributed by atoms with van der Waals surface area (Å²) < 4.78 is 13.0. The molecule has 5 heteroatoms. The zero-order valence-corrected chi connectivity index (χ0v) is 7.99. The number of halogens is 3. The highest BCUT2D eigenvalue weighted by molar-refractivity contribution is 6.34. The first-order valence-electron chi connectivity index (χ1n) is 3.45. The lowest BCUT2D eigenvalue weighted by molar-refractivity contribution is -0.113. The topological polar surface area (TPSA) is 29.1 Å². The smallest absolute Gasteiger partial charge is 0.239 e. The molecule has 1 rings (SSSR count). The molecule has 0 saturated carbocycles. The van der Waals surface area contributed by atoms with E-state index in [1.807, 2.05) is 0 Å². The zero-order valence-electron chi connectivity index (χ0n) is 6.48. The summed E-state index contributed by atoms with van der Waals surface area (Å²) in [5.41, 5.74) is -0.0326. The minimum atomic E-state index is -0.578. The standard InChI is InChI=1S/C8H6Cl2FNO/c9-4-7(13)12-8-5(10)2-1-3-6(8)11/h1-3H,4H2,(H,12,13). The molecule has 0 aromatic heterocycles. The molecular weight excluding hydrogens is 216 g/mol. The van der Waals surface area contributed by atoms with E-state index < -0.39 is 11.7 Å². The molecule has 0 unspecified atom stereocenters. The van der Waals surface area contributed by atoms with Crippen LogP contribution in [0.25, 0.3) is 0 Å². The Labute approximate surface area is 84.6 Å². The molecule has 1 aromatic carbocycles. The number of carbonyl (C=O) groups is 1. The van der Waals surface area contributed by atoms with Crippen LogP contribution in [-0.4, -0.2) is 11.8 Å². The van der Waals surface area contributed by atoms with E-state index in [0.29, 0.717) is 0 Å². The molecule has 0 bridgehead atoms. The first-order valence-corrected chi connectivity index (χ1v) is 4.36. The van der Waals surface area contributed by atoms with Gasteiger partial charge in [-0.1, -0.05) is 17.7 Å². The van der Waals surface area contributed by atoms with E-state index in [4.69, 9.17) is 23.2 Å². The zero-order chi connectivity index (χ0) is 9.84. The molecular formula is C8H6Cl2FNO. The second-order valence-corrected chi connectivity index (χ2v) is 2.95. The van der Waals surface area contributed by atoms with Gasteiger partial charge in [-0.05, 0) is 12.1 Å². The predicted octanol–water partition coefficient (Wildman–Crippen LogP) is 2.66. The molecule has 0 aliphatic heterocycles. The van der Waals surface area contributed by atoms with Gasteiger partial charge >= 0.3 is 0 Å². The highest BCUT2D eigenvalue weighted by atomic mass is 35.5. The quantitative estimate of drug-likeness (QED) is 0.765. The highest BCUT2D eigenvalue weighted by Gasteiger charge is 2.08. The van der Waals surface area contributed by atoms with Crippen molar-refractivity contribution in [2.75, 3.05) is 11.2 Å². The number of alkyl halides is 1. The number of para-hydroxylation sites is 1. The van der Waals surface area contributed by atoms with Gasteiger partial charge in [0.1, 0.15) is 11.7 Å². The third-order valence-electron chi connectivity index (χ3n) is 1.35. The number of amides is 1. The maximum Gasteiger partial charge on any atom is 0.239 e. The number of benzene rings is 1. The number of rotatable bonds is 2. The number of hydrogen-bond donors (Lipinski definition) is 1. The minimum Gasteiger partial charge on any atom is -0.321 e. The van der Waals surface area contributed by atoms with Crippen molar-refractivity contribution in [1.82, 2.24) is 0 Å². The Hall–Kier alpha value is -0.800. The summed E-state index contributed by atoms with van der Waals surface area (Å²) >= 11 is 10.9. The molecule has 0 heterocycles. The van der Waals surface area contributed by atoms with Crippen molar-refractivity contribution in [2.45, 2.75) is 0 Å². The van der Waals surface area contributed by atoms with Crippen LogP contribution in [0.4, 0.5) is 10.1 Å². The summed E-state index contributed by atoms with van der Waals surface area (Å²) in [5.74, 6) is -1.30. The SMILES string of the molecule is O=C(CCl)Nc1c(F)cccc1Cl. The van der Waals surface area contributed by atoms with E-state index in [1.54, 1.807) is 0 Å². The van der Waals surface area contributed by atoms with Gasteiger partial charge in [0.25, 0.3) is 0 Å². The Morgan fingerprint density at radius 3 is 2.77 bits per heavy atom. The van der Waals surface area contributed by atoms with E-state index in [1.165, 1.54) is 18.2 Å². The average Bonchev–Trinajstić information content (AvgIpc) is 2.11. The molecule has 1 N–H and O–H groups in total. The van der Waals surface area contributed by atoms with Gasteiger partial charge in [-0.25, -0.2) is 4.39 Å². The van der Waals surface area contributed by atoms with Crippen LogP contribution in [0.15, 0.2) is 18.2 Å². The molecule has 0 fully saturated rings. The summed E-state index contributed by atoms with van der Waals surface area (Å²) in [5, 5.41) is 2.40. The van der Waals surface area contributed by atoms with Crippen molar-refractivity contribution in [1.29, 1.82) is 0 Å². The van der Waals surface area contributed by atoms with Gasteiger partial charge in [-0.3, -0.25) is 4.79 Å². The molecule has 13 heavy (non-hydrogen) atoms. The van der Waals surface area contributed by atoms with Crippen LogP contribution in [0.2, 0.25) is 5.02 Å². The lowest BCUT2D eigenvalue weighted by atomic mass is 10.3. The summed E-state index contributed by atoms with van der Waals surface area (Å²) in [6.45, 7) is 0. The van der Waals surface area contributed by atoms with E-state index in [2.05, 4.69) is 5.32 Å². The van der Waals surface area contributed by atoms with Crippen molar-refractivity contribution < 1.29 is 9.18 Å². The van der Waals surface area contributed by atoms with Crippen molar-refractivity contribution in [2.24, 2.45) is 0 Å². The van der Waals surface area contributed by atoms with Crippen molar-refractivity contribution in [3.05, 3.63) is 29.0 Å². The van der Waals surface area contributed by atoms with Gasteiger partial charge in [-0.15, -0.1) is 11.6 Å². The summed E-state index contributed by atoms with van der Waals surface area (Å²) in [6.07, 6.45) is 0. The third kappa shape index (κ3) is 2.57. The second-order valence-electron chi connectivity index (χ2n) is 2.28. The average molecular weight is 222 g/mol. The molecule has 0 saturated heterocycles. The lowest BCUT2D eigenvalue weighted by Gasteiger charge is -2.05. The van der Waals surface area contributed by atoms with Gasteiger partial charge in [0.2, 0.25) is 5.91 Å². The van der Waals surface area contributed by atoms with E-state index in [-0.39, 0.29) is 16.6 Å². The number of hydrogen-bond acceptors (Lipinski definition) is 1. The van der Waals surface area contributed by atoms with E-state index in [9.17, 15) is 9.18 Å². The van der Waals surface area contributed by atoms with Crippen LogP contribution in [0.5, 0.6) is 0 Å². The molecule has 0 aliphatic rings. The maximum absolute atomic E-state index is 13.0. The van der Waals surface area contributed by atoms with Crippen LogP contribution in [0.3, 0.4) is 0 Å². The summed E-state index contributed by atoms with van der Waals surface area (Å²) in [4.78, 5) is 10.8. The molecule has 70 valence electrons. The first-order chi connectivity index (χ1) is 6.15. The number of nitrogens with one attached hydrogen (secondary N) is 1. The predicted molar refractivity (Wildman–Crippen MR) is 50.8 cm³/mol. The van der Waals surface area contributed by atoms with Crippen molar-refractivity contribution >= 4 is 34.8 Å². The highest BCUT2D eigenvalue weighted by Crippen LogP contribution is 2.24. The molecule has 0 radical (unpaired) electrons. The fourth-order valence-corrected chi connectivity index (χ4v) is 1.07. The minimum absolute atomic E-state index is 0.0326. The molecule has 0 atom stereocenters. The van der Waals surface area contributed by atoms with Crippen molar-refractivity contribution in [3.63, 3.8) is 0 Å². The van der Waals surface area contributed by atoms with Gasteiger partial charge < -0.3 is 5.32 Å². The third-order valence-corrected chi connectivity index (χ3v) is 1.91. The Morgan fingerprint density at radius 2 is 2.23 bits per heavy atom. The Morgan fingerprint density at radius 1 is 1.54 bits per heavy atom. The van der Waals surface area contributed by atoms with Gasteiger partial charge in [-0.2, -0.15) is 0 Å². The second kappa shape index (κ2) is 4.44. The molecule has 2 nitrogen and oxygen atoms in total. The van der Waals surface area contributed by atoms with Crippen molar-refractivity contribution in [3.8, 4) is 0 Å². The lowest BCUT2D eigenvalue weighted by Crippen LogP contribution is -2.13. The van der Waals surface area contributed by atoms with Crippen LogP contribution in [0, 0.1) is 5.82 Å². The summed E-state index contributed by atoms with van der Waals surface area (Å²) in [6, 6.07) is 4.14. The maximum atomic E-state index is 13.0. The first kappa shape index (κ1) is 10.3. The summed E-state index contributed by atoms with van der Waals surface area (Å²) in [7, 11) is 0. The molecule has 0 aliphatic carbocycles. The Kier molecular flexibility index (Phi) is 3.51. The van der Waals surface area contributed by atoms with Gasteiger partial charge in [0.05, 0.1) is 10.7 Å². The molecule has 1 amide bonds. The Bertz CT molecular complexity index is 310. The van der Waals surface area contributed by atoms with Crippen LogP contribution < -0.4 is 5.32 Å². The van der Waals surface area contributed by atoms with Crippen LogP contribution in [-0.2, 0) is 4.79 Å². The molecule has 1 aromatic rings. The fourth-order valence-electron chi connectivity index (χ4n) is 0.790. The van der Waals surface area contributed by atoms with Gasteiger partial charge in [0, 0.05) is 0 Å². The monoisotopic (exact) mass is 221 g/mol. The fraction of sp³-hybridized carbons (Fsp3) is 0.125. The Balaban J connectivity index is 2.93. The molecule has 0 spiro atoms. The number of anilines is 1. The number of carbonyl (C=O) groups excluding carboxylic acids is 1. The van der Waals surface area contributed by atoms with Crippen LogP contribution in [0.1, 0.15) is 0 Å². The van der Waals surface area contributed by atoms with Crippen LogP contribution >= 0.6 is 23.2 Å².